The Hall–Kier alpha value is -1.58. The van der Waals surface area contributed by atoms with Crippen LogP contribution < -0.4 is 10.1 Å². The predicted molar refractivity (Wildman–Crippen MR) is 87.1 cm³/mol. The predicted octanol–water partition coefficient (Wildman–Crippen LogP) is 4.72. The van der Waals surface area contributed by atoms with E-state index in [2.05, 4.69) is 31.1 Å². The third kappa shape index (κ3) is 4.73. The van der Waals surface area contributed by atoms with Gasteiger partial charge in [-0.05, 0) is 57.5 Å². The molecule has 0 bridgehead atoms. The molecule has 1 aromatic carbocycles. The summed E-state index contributed by atoms with van der Waals surface area (Å²) in [6, 6.07) is 7.53. The van der Waals surface area contributed by atoms with Crippen LogP contribution in [-0.2, 0) is 6.54 Å². The van der Waals surface area contributed by atoms with Crippen LogP contribution in [0.15, 0.2) is 36.7 Å². The maximum absolute atomic E-state index is 6.04. The van der Waals surface area contributed by atoms with Crippen LogP contribution in [0.2, 0.25) is 5.02 Å². The van der Waals surface area contributed by atoms with E-state index < -0.39 is 0 Å². The highest BCUT2D eigenvalue weighted by Crippen LogP contribution is 2.28. The number of nitrogens with one attached hydrogen (secondary N) is 1. The highest BCUT2D eigenvalue weighted by Gasteiger charge is 2.11. The van der Waals surface area contributed by atoms with Crippen molar-refractivity contribution in [2.24, 2.45) is 0 Å². The summed E-state index contributed by atoms with van der Waals surface area (Å²) in [6.07, 6.45) is 3.57. The van der Waals surface area contributed by atoms with Gasteiger partial charge in [-0.3, -0.25) is 4.98 Å². The standard InChI is InChI=1S/C17H21ClN2O/c1-12-9-14(5-6-15(12)18)21-16-7-8-19-10-13(16)11-20-17(2,3)4/h5-10,20H,11H2,1-4H3. The van der Waals surface area contributed by atoms with Crippen LogP contribution >= 0.6 is 11.6 Å². The van der Waals surface area contributed by atoms with Gasteiger partial charge in [0.25, 0.3) is 0 Å². The van der Waals surface area contributed by atoms with E-state index in [1.807, 2.05) is 37.4 Å². The monoisotopic (exact) mass is 304 g/mol. The summed E-state index contributed by atoms with van der Waals surface area (Å²) in [5.74, 6) is 1.59. The molecule has 0 aliphatic carbocycles. The van der Waals surface area contributed by atoms with Gasteiger partial charge in [0, 0.05) is 35.1 Å². The molecule has 0 saturated heterocycles. The van der Waals surface area contributed by atoms with Crippen molar-refractivity contribution in [2.75, 3.05) is 0 Å². The molecule has 112 valence electrons. The number of benzene rings is 1. The fraction of sp³-hybridized carbons (Fsp3) is 0.353. The Kier molecular flexibility index (Phi) is 4.86. The molecule has 0 atom stereocenters. The third-order valence-electron chi connectivity index (χ3n) is 3.03. The second-order valence-electron chi connectivity index (χ2n) is 6.10. The summed E-state index contributed by atoms with van der Waals surface area (Å²) in [5, 5.41) is 4.19. The van der Waals surface area contributed by atoms with Gasteiger partial charge in [0.2, 0.25) is 0 Å². The van der Waals surface area contributed by atoms with Crippen LogP contribution in [0.25, 0.3) is 0 Å². The van der Waals surface area contributed by atoms with Gasteiger partial charge in [-0.25, -0.2) is 0 Å². The lowest BCUT2D eigenvalue weighted by Crippen LogP contribution is -2.35. The molecule has 0 radical (unpaired) electrons. The van der Waals surface area contributed by atoms with E-state index in [4.69, 9.17) is 16.3 Å². The number of hydrogen-bond donors (Lipinski definition) is 1. The Balaban J connectivity index is 2.17. The lowest BCUT2D eigenvalue weighted by molar-refractivity contribution is 0.413. The fourth-order valence-corrected chi connectivity index (χ4v) is 1.93. The van der Waals surface area contributed by atoms with Gasteiger partial charge in [0.15, 0.2) is 0 Å². The molecule has 0 unspecified atom stereocenters. The molecule has 1 heterocycles. The van der Waals surface area contributed by atoms with Crippen molar-refractivity contribution in [3.63, 3.8) is 0 Å². The molecule has 3 nitrogen and oxygen atoms in total. The Morgan fingerprint density at radius 2 is 2.00 bits per heavy atom. The van der Waals surface area contributed by atoms with Crippen molar-refractivity contribution in [3.05, 3.63) is 52.8 Å². The molecular weight excluding hydrogens is 284 g/mol. The van der Waals surface area contributed by atoms with Crippen LogP contribution in [0.1, 0.15) is 31.9 Å². The first-order valence-corrected chi connectivity index (χ1v) is 7.35. The minimum Gasteiger partial charge on any atom is -0.457 e. The van der Waals surface area contributed by atoms with Crippen molar-refractivity contribution >= 4 is 11.6 Å². The van der Waals surface area contributed by atoms with Gasteiger partial charge in [-0.2, -0.15) is 0 Å². The number of hydrogen-bond acceptors (Lipinski definition) is 3. The molecule has 4 heteroatoms. The zero-order chi connectivity index (χ0) is 15.5. The minimum atomic E-state index is 0.0456. The number of rotatable bonds is 4. The van der Waals surface area contributed by atoms with Crippen molar-refractivity contribution < 1.29 is 4.74 Å². The largest absolute Gasteiger partial charge is 0.457 e. The van der Waals surface area contributed by atoms with Gasteiger partial charge < -0.3 is 10.1 Å². The highest BCUT2D eigenvalue weighted by molar-refractivity contribution is 6.31. The highest BCUT2D eigenvalue weighted by atomic mass is 35.5. The Morgan fingerprint density at radius 3 is 2.67 bits per heavy atom. The molecule has 0 aliphatic heterocycles. The molecule has 0 spiro atoms. The quantitative estimate of drug-likeness (QED) is 0.887. The Morgan fingerprint density at radius 1 is 1.24 bits per heavy atom. The van der Waals surface area contributed by atoms with Gasteiger partial charge in [0.05, 0.1) is 0 Å². The molecule has 1 aromatic heterocycles. The van der Waals surface area contributed by atoms with Crippen molar-refractivity contribution in [1.82, 2.24) is 10.3 Å². The zero-order valence-corrected chi connectivity index (χ0v) is 13.7. The molecule has 0 saturated carbocycles. The molecule has 21 heavy (non-hydrogen) atoms. The topological polar surface area (TPSA) is 34.1 Å². The average Bonchev–Trinajstić information content (AvgIpc) is 2.41. The maximum atomic E-state index is 6.04. The third-order valence-corrected chi connectivity index (χ3v) is 3.45. The van der Waals surface area contributed by atoms with Crippen LogP contribution in [0.3, 0.4) is 0 Å². The van der Waals surface area contributed by atoms with Crippen molar-refractivity contribution in [3.8, 4) is 11.5 Å². The number of ether oxygens (including phenoxy) is 1. The number of aryl methyl sites for hydroxylation is 1. The Labute approximate surface area is 131 Å². The van der Waals surface area contributed by atoms with Crippen LogP contribution in [0.5, 0.6) is 11.5 Å². The number of pyridine rings is 1. The SMILES string of the molecule is Cc1cc(Oc2ccncc2CNC(C)(C)C)ccc1Cl. The normalized spacial score (nSPS) is 11.5. The minimum absolute atomic E-state index is 0.0456. The van der Waals surface area contributed by atoms with E-state index >= 15 is 0 Å². The van der Waals surface area contributed by atoms with E-state index in [9.17, 15) is 0 Å². The van der Waals surface area contributed by atoms with Gasteiger partial charge in [-0.1, -0.05) is 11.6 Å². The summed E-state index contributed by atoms with van der Waals surface area (Å²) in [5.41, 5.74) is 2.07. The van der Waals surface area contributed by atoms with Crippen molar-refractivity contribution in [1.29, 1.82) is 0 Å². The first-order chi connectivity index (χ1) is 9.85. The number of nitrogens with zero attached hydrogens (tertiary/aromatic N) is 1. The number of aromatic nitrogens is 1. The van der Waals surface area contributed by atoms with Gasteiger partial charge >= 0.3 is 0 Å². The summed E-state index contributed by atoms with van der Waals surface area (Å²) >= 11 is 6.04. The van der Waals surface area contributed by atoms with Crippen LogP contribution in [0.4, 0.5) is 0 Å². The summed E-state index contributed by atoms with van der Waals surface area (Å²) < 4.78 is 5.97. The molecular formula is C17H21ClN2O. The van der Waals surface area contributed by atoms with E-state index in [1.54, 1.807) is 6.20 Å². The lowest BCUT2D eigenvalue weighted by atomic mass is 10.1. The molecule has 0 fully saturated rings. The van der Waals surface area contributed by atoms with E-state index in [0.717, 1.165) is 27.6 Å². The summed E-state index contributed by atoms with van der Waals surface area (Å²) in [7, 11) is 0. The van der Waals surface area contributed by atoms with Crippen LogP contribution in [0, 0.1) is 6.92 Å². The molecule has 0 aliphatic rings. The van der Waals surface area contributed by atoms with E-state index in [0.29, 0.717) is 6.54 Å². The molecule has 0 amide bonds. The smallest absolute Gasteiger partial charge is 0.134 e. The molecule has 1 N–H and O–H groups in total. The first-order valence-electron chi connectivity index (χ1n) is 6.97. The lowest BCUT2D eigenvalue weighted by Gasteiger charge is -2.21. The van der Waals surface area contributed by atoms with Crippen molar-refractivity contribution in [2.45, 2.75) is 39.8 Å². The van der Waals surface area contributed by atoms with Gasteiger partial charge in [-0.15, -0.1) is 0 Å². The zero-order valence-electron chi connectivity index (χ0n) is 12.9. The fourth-order valence-electron chi connectivity index (χ4n) is 1.81. The summed E-state index contributed by atoms with van der Waals surface area (Å²) in [6.45, 7) is 9.06. The first kappa shape index (κ1) is 15.8. The summed E-state index contributed by atoms with van der Waals surface area (Å²) in [4.78, 5) is 4.18. The van der Waals surface area contributed by atoms with Crippen LogP contribution in [-0.4, -0.2) is 10.5 Å². The molecule has 2 aromatic rings. The number of halogens is 1. The van der Waals surface area contributed by atoms with Gasteiger partial charge in [0.1, 0.15) is 11.5 Å². The average molecular weight is 305 g/mol. The second kappa shape index (κ2) is 6.46. The maximum Gasteiger partial charge on any atom is 0.134 e. The van der Waals surface area contributed by atoms with E-state index in [1.165, 1.54) is 0 Å². The van der Waals surface area contributed by atoms with E-state index in [-0.39, 0.29) is 5.54 Å². The second-order valence-corrected chi connectivity index (χ2v) is 6.51. The molecule has 2 rings (SSSR count). The Bertz CT molecular complexity index is 620.